The van der Waals surface area contributed by atoms with Gasteiger partial charge in [0.15, 0.2) is 6.20 Å². The number of piperidine rings is 1. The van der Waals surface area contributed by atoms with Crippen LogP contribution in [0.1, 0.15) is 57.0 Å². The van der Waals surface area contributed by atoms with Crippen LogP contribution < -0.4 is 4.73 Å². The van der Waals surface area contributed by atoms with Crippen molar-refractivity contribution in [2.75, 3.05) is 13.1 Å². The molecule has 0 bridgehead atoms. The Balaban J connectivity index is 1.51. The van der Waals surface area contributed by atoms with E-state index in [9.17, 15) is 10.0 Å². The van der Waals surface area contributed by atoms with Crippen LogP contribution in [0.25, 0.3) is 0 Å². The molecule has 4 rings (SSSR count). The summed E-state index contributed by atoms with van der Waals surface area (Å²) in [5.74, 6) is -0.0497. The molecule has 3 aromatic rings. The molecular formula is C27H33N5O2. The van der Waals surface area contributed by atoms with Gasteiger partial charge in [-0.25, -0.2) is 0 Å². The van der Waals surface area contributed by atoms with E-state index in [0.29, 0.717) is 30.4 Å². The fourth-order valence-corrected chi connectivity index (χ4v) is 4.75. The van der Waals surface area contributed by atoms with Crippen LogP contribution in [0, 0.1) is 32.9 Å². The van der Waals surface area contributed by atoms with Crippen molar-refractivity contribution in [3.8, 4) is 0 Å². The molecule has 1 fully saturated rings. The van der Waals surface area contributed by atoms with Crippen molar-refractivity contribution in [3.63, 3.8) is 0 Å². The standard InChI is InChI=1S/C27H33N5O2/c1-19-7-5-12-28-24(19)17-31(18-25-20(2)8-6-13-29-25)23-10-14-30(15-11-23)27(33)26-21(3)9-16-32(34)22(26)4/h5-9,12-13,16,23H,10-11,14-15,17-18H2,1-4H3. The summed E-state index contributed by atoms with van der Waals surface area (Å²) in [7, 11) is 0. The molecule has 0 saturated carbocycles. The van der Waals surface area contributed by atoms with Crippen LogP contribution in [0.5, 0.6) is 0 Å². The topological polar surface area (TPSA) is 76.3 Å². The quantitative estimate of drug-likeness (QED) is 0.415. The van der Waals surface area contributed by atoms with Crippen molar-refractivity contribution in [2.24, 2.45) is 0 Å². The largest absolute Gasteiger partial charge is 0.618 e. The zero-order valence-electron chi connectivity index (χ0n) is 20.5. The van der Waals surface area contributed by atoms with Crippen LogP contribution in [0.15, 0.2) is 48.9 Å². The third kappa shape index (κ3) is 5.09. The van der Waals surface area contributed by atoms with Gasteiger partial charge in [-0.3, -0.25) is 19.7 Å². The predicted molar refractivity (Wildman–Crippen MR) is 131 cm³/mol. The van der Waals surface area contributed by atoms with Gasteiger partial charge < -0.3 is 10.1 Å². The van der Waals surface area contributed by atoms with Crippen molar-refractivity contribution in [1.29, 1.82) is 0 Å². The fraction of sp³-hybridized carbons (Fsp3) is 0.407. The first kappa shape index (κ1) is 23.8. The van der Waals surface area contributed by atoms with E-state index in [4.69, 9.17) is 0 Å². The Morgan fingerprint density at radius 1 is 0.971 bits per heavy atom. The lowest BCUT2D eigenvalue weighted by Gasteiger charge is -2.38. The van der Waals surface area contributed by atoms with Gasteiger partial charge in [-0.05, 0) is 62.4 Å². The number of hydrogen-bond acceptors (Lipinski definition) is 5. The van der Waals surface area contributed by atoms with Crippen molar-refractivity contribution in [3.05, 3.63) is 93.5 Å². The highest BCUT2D eigenvalue weighted by atomic mass is 16.5. The predicted octanol–water partition coefficient (Wildman–Crippen LogP) is 3.65. The molecule has 0 N–H and O–H groups in total. The third-order valence-corrected chi connectivity index (χ3v) is 6.97. The summed E-state index contributed by atoms with van der Waals surface area (Å²) in [5, 5.41) is 12.1. The van der Waals surface area contributed by atoms with Gasteiger partial charge in [0.2, 0.25) is 5.69 Å². The molecule has 178 valence electrons. The number of pyridine rings is 3. The van der Waals surface area contributed by atoms with Crippen molar-refractivity contribution in [2.45, 2.75) is 59.7 Å². The summed E-state index contributed by atoms with van der Waals surface area (Å²) in [6.07, 6.45) is 6.89. The Morgan fingerprint density at radius 3 is 2.06 bits per heavy atom. The highest BCUT2D eigenvalue weighted by molar-refractivity contribution is 5.96. The molecule has 0 aromatic carbocycles. The Hall–Kier alpha value is -3.32. The average Bonchev–Trinajstić information content (AvgIpc) is 2.84. The van der Waals surface area contributed by atoms with Gasteiger partial charge in [-0.1, -0.05) is 12.1 Å². The average molecular weight is 460 g/mol. The van der Waals surface area contributed by atoms with Crippen molar-refractivity contribution in [1.82, 2.24) is 19.8 Å². The van der Waals surface area contributed by atoms with E-state index in [2.05, 4.69) is 40.8 Å². The SMILES string of the molecule is Cc1cccnc1CN(Cc1ncccc1C)C1CCN(C(=O)c2c(C)cc[n+]([O-])c2C)CC1. The summed E-state index contributed by atoms with van der Waals surface area (Å²) in [6, 6.07) is 10.2. The van der Waals surface area contributed by atoms with Crippen molar-refractivity contribution < 1.29 is 9.52 Å². The zero-order chi connectivity index (χ0) is 24.2. The second-order valence-corrected chi connectivity index (χ2v) is 9.25. The summed E-state index contributed by atoms with van der Waals surface area (Å²) in [6.45, 7) is 10.6. The maximum atomic E-state index is 13.3. The Labute approximate surface area is 201 Å². The number of amides is 1. The summed E-state index contributed by atoms with van der Waals surface area (Å²) in [5.41, 5.74) is 6.34. The van der Waals surface area contributed by atoms with Gasteiger partial charge in [0.25, 0.3) is 5.91 Å². The molecule has 0 spiro atoms. The number of nitrogens with zero attached hydrogens (tertiary/aromatic N) is 5. The van der Waals surface area contributed by atoms with E-state index >= 15 is 0 Å². The Bertz CT molecular complexity index is 1120. The first-order chi connectivity index (χ1) is 16.3. The van der Waals surface area contributed by atoms with Crippen LogP contribution >= 0.6 is 0 Å². The smallest absolute Gasteiger partial charge is 0.260 e. The second kappa shape index (κ2) is 10.3. The molecule has 1 saturated heterocycles. The highest BCUT2D eigenvalue weighted by Crippen LogP contribution is 2.24. The van der Waals surface area contributed by atoms with E-state index in [0.717, 1.165) is 47.6 Å². The first-order valence-corrected chi connectivity index (χ1v) is 11.9. The molecular weight excluding hydrogens is 426 g/mol. The zero-order valence-corrected chi connectivity index (χ0v) is 20.5. The van der Waals surface area contributed by atoms with Crippen LogP contribution in [0.2, 0.25) is 0 Å². The molecule has 3 aromatic heterocycles. The number of aromatic nitrogens is 3. The van der Waals surface area contributed by atoms with Gasteiger partial charge in [0.1, 0.15) is 5.56 Å². The second-order valence-electron chi connectivity index (χ2n) is 9.25. The first-order valence-electron chi connectivity index (χ1n) is 11.9. The highest BCUT2D eigenvalue weighted by Gasteiger charge is 2.31. The molecule has 34 heavy (non-hydrogen) atoms. The number of hydrogen-bond donors (Lipinski definition) is 0. The van der Waals surface area contributed by atoms with Gasteiger partial charge >= 0.3 is 0 Å². The number of carbonyl (C=O) groups excluding carboxylic acids is 1. The van der Waals surface area contributed by atoms with E-state index in [1.807, 2.05) is 36.4 Å². The lowest BCUT2D eigenvalue weighted by Crippen LogP contribution is -2.47. The molecule has 1 amide bonds. The molecule has 7 heteroatoms. The monoisotopic (exact) mass is 459 g/mol. The van der Waals surface area contributed by atoms with Crippen LogP contribution in [-0.4, -0.2) is 44.8 Å². The van der Waals surface area contributed by atoms with E-state index in [1.165, 1.54) is 17.3 Å². The van der Waals surface area contributed by atoms with E-state index in [-0.39, 0.29) is 5.91 Å². The molecule has 1 aliphatic heterocycles. The number of carbonyl (C=O) groups is 1. The Kier molecular flexibility index (Phi) is 7.22. The van der Waals surface area contributed by atoms with E-state index in [1.54, 1.807) is 13.0 Å². The summed E-state index contributed by atoms with van der Waals surface area (Å²) < 4.78 is 0.777. The molecule has 7 nitrogen and oxygen atoms in total. The van der Waals surface area contributed by atoms with Gasteiger partial charge in [0, 0.05) is 57.6 Å². The normalized spacial score (nSPS) is 14.6. The minimum absolute atomic E-state index is 0.0497. The number of rotatable bonds is 6. The maximum Gasteiger partial charge on any atom is 0.260 e. The van der Waals surface area contributed by atoms with Gasteiger partial charge in [-0.2, -0.15) is 4.73 Å². The van der Waals surface area contributed by atoms with Crippen LogP contribution in [0.3, 0.4) is 0 Å². The maximum absolute atomic E-state index is 13.3. The van der Waals surface area contributed by atoms with Crippen molar-refractivity contribution >= 4 is 5.91 Å². The molecule has 0 radical (unpaired) electrons. The number of aryl methyl sites for hydroxylation is 3. The Morgan fingerprint density at radius 2 is 1.53 bits per heavy atom. The minimum Gasteiger partial charge on any atom is -0.618 e. The lowest BCUT2D eigenvalue weighted by molar-refractivity contribution is -0.612. The summed E-state index contributed by atoms with van der Waals surface area (Å²) in [4.78, 5) is 26.9. The molecule has 0 atom stereocenters. The molecule has 0 aliphatic carbocycles. The molecule has 0 unspecified atom stereocenters. The third-order valence-electron chi connectivity index (χ3n) is 6.97. The van der Waals surface area contributed by atoms with Crippen LogP contribution in [-0.2, 0) is 13.1 Å². The minimum atomic E-state index is -0.0497. The van der Waals surface area contributed by atoms with Gasteiger partial charge in [0.05, 0.1) is 11.4 Å². The van der Waals surface area contributed by atoms with E-state index < -0.39 is 0 Å². The fourth-order valence-electron chi connectivity index (χ4n) is 4.75. The summed E-state index contributed by atoms with van der Waals surface area (Å²) >= 11 is 0. The van der Waals surface area contributed by atoms with Crippen LogP contribution in [0.4, 0.5) is 0 Å². The number of likely N-dealkylation sites (tertiary alicyclic amines) is 1. The molecule has 4 heterocycles. The molecule has 1 aliphatic rings. The lowest BCUT2D eigenvalue weighted by atomic mass is 9.99. The van der Waals surface area contributed by atoms with Gasteiger partial charge in [-0.15, -0.1) is 0 Å².